The average Bonchev–Trinajstić information content (AvgIpc) is 2.93. The molecule has 1 saturated heterocycles. The van der Waals surface area contributed by atoms with Gasteiger partial charge in [0.25, 0.3) is 5.91 Å². The second-order valence-corrected chi connectivity index (χ2v) is 5.35. The molecule has 2 amide bonds. The Bertz CT molecular complexity index is 568. The number of hydrogen-bond acceptors (Lipinski definition) is 3. The molecule has 0 bridgehead atoms. The van der Waals surface area contributed by atoms with Gasteiger partial charge in [0.15, 0.2) is 0 Å². The van der Waals surface area contributed by atoms with Gasteiger partial charge in [0, 0.05) is 24.2 Å². The highest BCUT2D eigenvalue weighted by molar-refractivity contribution is 5.98. The van der Waals surface area contributed by atoms with Crippen molar-refractivity contribution in [3.63, 3.8) is 0 Å². The number of anilines is 1. The maximum atomic E-state index is 12.1. The molecule has 6 heteroatoms. The van der Waals surface area contributed by atoms with E-state index in [4.69, 9.17) is 5.11 Å². The summed E-state index contributed by atoms with van der Waals surface area (Å²) in [6.45, 7) is 2.56. The molecule has 1 aromatic carbocycles. The van der Waals surface area contributed by atoms with Crippen molar-refractivity contribution in [3.8, 4) is 0 Å². The molecule has 0 aliphatic carbocycles. The van der Waals surface area contributed by atoms with E-state index >= 15 is 0 Å². The SMILES string of the molecule is CCCC(NC(=O)c1ccc(N2CCCC2=O)cc1)C(=O)O. The van der Waals surface area contributed by atoms with Crippen molar-refractivity contribution in [1.29, 1.82) is 0 Å². The third kappa shape index (κ3) is 3.63. The molecule has 1 unspecified atom stereocenters. The number of rotatable bonds is 6. The molecule has 22 heavy (non-hydrogen) atoms. The summed E-state index contributed by atoms with van der Waals surface area (Å²) in [6.07, 6.45) is 2.46. The van der Waals surface area contributed by atoms with Crippen molar-refractivity contribution in [3.05, 3.63) is 29.8 Å². The molecule has 118 valence electrons. The summed E-state index contributed by atoms with van der Waals surface area (Å²) in [6, 6.07) is 5.78. The fourth-order valence-electron chi connectivity index (χ4n) is 2.50. The van der Waals surface area contributed by atoms with Gasteiger partial charge in [-0.2, -0.15) is 0 Å². The van der Waals surface area contributed by atoms with Crippen LogP contribution in [0.3, 0.4) is 0 Å². The van der Waals surface area contributed by atoms with Crippen molar-refractivity contribution < 1.29 is 19.5 Å². The molecule has 1 fully saturated rings. The van der Waals surface area contributed by atoms with Gasteiger partial charge in [-0.25, -0.2) is 4.79 Å². The molecule has 1 aromatic rings. The van der Waals surface area contributed by atoms with Crippen LogP contribution in [0.15, 0.2) is 24.3 Å². The zero-order valence-corrected chi connectivity index (χ0v) is 12.5. The first kappa shape index (κ1) is 16.0. The molecule has 6 nitrogen and oxygen atoms in total. The number of nitrogens with zero attached hydrogens (tertiary/aromatic N) is 1. The van der Waals surface area contributed by atoms with Crippen LogP contribution < -0.4 is 10.2 Å². The number of carboxylic acid groups (broad SMARTS) is 1. The van der Waals surface area contributed by atoms with Crippen LogP contribution in [0.1, 0.15) is 43.0 Å². The lowest BCUT2D eigenvalue weighted by Gasteiger charge is -2.17. The molecule has 1 atom stereocenters. The predicted molar refractivity (Wildman–Crippen MR) is 81.8 cm³/mol. The van der Waals surface area contributed by atoms with Crippen LogP contribution in [-0.4, -0.2) is 35.5 Å². The van der Waals surface area contributed by atoms with Gasteiger partial charge < -0.3 is 15.3 Å². The van der Waals surface area contributed by atoms with Crippen molar-refractivity contribution in [2.24, 2.45) is 0 Å². The quantitative estimate of drug-likeness (QED) is 0.839. The standard InChI is InChI=1S/C16H20N2O4/c1-2-4-13(16(21)22)17-15(20)11-6-8-12(9-7-11)18-10-3-5-14(18)19/h6-9,13H,2-5,10H2,1H3,(H,17,20)(H,21,22). The van der Waals surface area contributed by atoms with Crippen LogP contribution in [0.4, 0.5) is 5.69 Å². The van der Waals surface area contributed by atoms with Crippen LogP contribution in [0.25, 0.3) is 0 Å². The first-order chi connectivity index (χ1) is 10.5. The monoisotopic (exact) mass is 304 g/mol. The highest BCUT2D eigenvalue weighted by Crippen LogP contribution is 2.21. The smallest absolute Gasteiger partial charge is 0.326 e. The van der Waals surface area contributed by atoms with E-state index in [9.17, 15) is 14.4 Å². The highest BCUT2D eigenvalue weighted by atomic mass is 16.4. The van der Waals surface area contributed by atoms with Crippen LogP contribution in [0.5, 0.6) is 0 Å². The van der Waals surface area contributed by atoms with Gasteiger partial charge in [-0.3, -0.25) is 9.59 Å². The van der Waals surface area contributed by atoms with E-state index in [1.807, 2.05) is 6.92 Å². The normalized spacial score (nSPS) is 15.7. The van der Waals surface area contributed by atoms with Crippen LogP contribution >= 0.6 is 0 Å². The van der Waals surface area contributed by atoms with Gasteiger partial charge in [-0.15, -0.1) is 0 Å². The molecular formula is C16H20N2O4. The number of carbonyl (C=O) groups is 3. The summed E-state index contributed by atoms with van der Waals surface area (Å²) in [4.78, 5) is 36.5. The number of benzene rings is 1. The Morgan fingerprint density at radius 3 is 2.50 bits per heavy atom. The Labute approximate surface area is 129 Å². The number of amides is 2. The third-order valence-electron chi connectivity index (χ3n) is 3.70. The lowest BCUT2D eigenvalue weighted by atomic mass is 10.1. The lowest BCUT2D eigenvalue weighted by Crippen LogP contribution is -2.40. The Morgan fingerprint density at radius 1 is 1.32 bits per heavy atom. The fourth-order valence-corrected chi connectivity index (χ4v) is 2.50. The predicted octanol–water partition coefficient (Wildman–Crippen LogP) is 1.80. The highest BCUT2D eigenvalue weighted by Gasteiger charge is 2.22. The second kappa shape index (κ2) is 7.06. The maximum absolute atomic E-state index is 12.1. The number of hydrogen-bond donors (Lipinski definition) is 2. The van der Waals surface area contributed by atoms with Crippen LogP contribution in [-0.2, 0) is 9.59 Å². The minimum absolute atomic E-state index is 0.0890. The maximum Gasteiger partial charge on any atom is 0.326 e. The van der Waals surface area contributed by atoms with Gasteiger partial charge in [0.05, 0.1) is 0 Å². The van der Waals surface area contributed by atoms with Crippen molar-refractivity contribution in [2.75, 3.05) is 11.4 Å². The molecule has 2 rings (SSSR count). The molecule has 0 saturated carbocycles. The summed E-state index contributed by atoms with van der Waals surface area (Å²) in [7, 11) is 0. The molecule has 0 spiro atoms. The third-order valence-corrected chi connectivity index (χ3v) is 3.70. The Hall–Kier alpha value is -2.37. The van der Waals surface area contributed by atoms with Crippen LogP contribution in [0, 0.1) is 0 Å². The van der Waals surface area contributed by atoms with Crippen LogP contribution in [0.2, 0.25) is 0 Å². The summed E-state index contributed by atoms with van der Waals surface area (Å²) < 4.78 is 0. The van der Waals surface area contributed by atoms with Gasteiger partial charge in [-0.05, 0) is 37.1 Å². The minimum Gasteiger partial charge on any atom is -0.480 e. The number of aliphatic carboxylic acids is 1. The van der Waals surface area contributed by atoms with Gasteiger partial charge in [0.2, 0.25) is 5.91 Å². The number of nitrogens with one attached hydrogen (secondary N) is 1. The fraction of sp³-hybridized carbons (Fsp3) is 0.438. The van der Waals surface area contributed by atoms with Gasteiger partial charge in [0.1, 0.15) is 6.04 Å². The number of carbonyl (C=O) groups excluding carboxylic acids is 2. The molecule has 1 aliphatic heterocycles. The first-order valence-electron chi connectivity index (χ1n) is 7.47. The van der Waals surface area contributed by atoms with E-state index < -0.39 is 17.9 Å². The van der Waals surface area contributed by atoms with Crippen molar-refractivity contribution in [2.45, 2.75) is 38.6 Å². The van der Waals surface area contributed by atoms with E-state index in [0.29, 0.717) is 31.4 Å². The summed E-state index contributed by atoms with van der Waals surface area (Å²) in [5, 5.41) is 11.6. The van der Waals surface area contributed by atoms with Gasteiger partial charge >= 0.3 is 5.97 Å². The largest absolute Gasteiger partial charge is 0.480 e. The second-order valence-electron chi connectivity index (χ2n) is 5.35. The van der Waals surface area contributed by atoms with Crippen molar-refractivity contribution in [1.82, 2.24) is 5.32 Å². The molecule has 0 radical (unpaired) electrons. The number of carboxylic acids is 1. The first-order valence-corrected chi connectivity index (χ1v) is 7.47. The molecule has 1 heterocycles. The molecule has 1 aliphatic rings. The zero-order valence-electron chi connectivity index (χ0n) is 12.5. The summed E-state index contributed by atoms with van der Waals surface area (Å²) in [5.74, 6) is -1.36. The summed E-state index contributed by atoms with van der Waals surface area (Å²) >= 11 is 0. The van der Waals surface area contributed by atoms with E-state index in [2.05, 4.69) is 5.32 Å². The Morgan fingerprint density at radius 2 is 2.00 bits per heavy atom. The van der Waals surface area contributed by atoms with E-state index in [-0.39, 0.29) is 5.91 Å². The molecular weight excluding hydrogens is 284 g/mol. The van der Waals surface area contributed by atoms with E-state index in [1.54, 1.807) is 29.2 Å². The van der Waals surface area contributed by atoms with Crippen molar-refractivity contribution >= 4 is 23.5 Å². The Balaban J connectivity index is 2.04. The molecule has 0 aromatic heterocycles. The van der Waals surface area contributed by atoms with E-state index in [0.717, 1.165) is 12.1 Å². The molecule has 2 N–H and O–H groups in total. The minimum atomic E-state index is -1.03. The summed E-state index contributed by atoms with van der Waals surface area (Å²) in [5.41, 5.74) is 1.15. The zero-order chi connectivity index (χ0) is 16.1. The lowest BCUT2D eigenvalue weighted by molar-refractivity contribution is -0.139. The average molecular weight is 304 g/mol. The van der Waals surface area contributed by atoms with Gasteiger partial charge in [-0.1, -0.05) is 13.3 Å². The van der Waals surface area contributed by atoms with E-state index in [1.165, 1.54) is 0 Å². The Kier molecular flexibility index (Phi) is 5.14. The topological polar surface area (TPSA) is 86.7 Å².